The Morgan fingerprint density at radius 1 is 1.18 bits per heavy atom. The van der Waals surface area contributed by atoms with Crippen molar-refractivity contribution in [1.29, 1.82) is 0 Å². The van der Waals surface area contributed by atoms with Crippen molar-refractivity contribution < 1.29 is 4.52 Å². The fraction of sp³-hybridized carbons (Fsp3) is 0.385. The standard InChI is InChI=1S/C13H15ClN2O/c1-3-13(4-2,10-8-6-5-7-9-10)11-15-12(14)17-16-11/h5-9H,3-4H2,1-2H3. The van der Waals surface area contributed by atoms with Crippen molar-refractivity contribution in [3.8, 4) is 0 Å². The molecular formula is C13H15ClN2O. The van der Waals surface area contributed by atoms with Gasteiger partial charge in [0, 0.05) is 0 Å². The Morgan fingerprint density at radius 3 is 2.29 bits per heavy atom. The van der Waals surface area contributed by atoms with Crippen molar-refractivity contribution in [1.82, 2.24) is 10.1 Å². The van der Waals surface area contributed by atoms with Gasteiger partial charge in [0.15, 0.2) is 5.82 Å². The largest absolute Gasteiger partial charge is 0.321 e. The van der Waals surface area contributed by atoms with E-state index in [-0.39, 0.29) is 10.8 Å². The van der Waals surface area contributed by atoms with Crippen LogP contribution < -0.4 is 0 Å². The molecule has 0 atom stereocenters. The molecule has 0 N–H and O–H groups in total. The fourth-order valence-corrected chi connectivity index (χ4v) is 2.37. The molecule has 17 heavy (non-hydrogen) atoms. The van der Waals surface area contributed by atoms with E-state index in [1.165, 1.54) is 5.56 Å². The van der Waals surface area contributed by atoms with Gasteiger partial charge in [-0.15, -0.1) is 0 Å². The van der Waals surface area contributed by atoms with Crippen LogP contribution in [0, 0.1) is 0 Å². The summed E-state index contributed by atoms with van der Waals surface area (Å²) in [4.78, 5) is 4.19. The lowest BCUT2D eigenvalue weighted by molar-refractivity contribution is 0.376. The maximum atomic E-state index is 5.73. The number of rotatable bonds is 4. The summed E-state index contributed by atoms with van der Waals surface area (Å²) in [6, 6.07) is 10.2. The molecule has 90 valence electrons. The molecule has 1 heterocycles. The second-order valence-corrected chi connectivity index (χ2v) is 4.35. The molecule has 2 rings (SSSR count). The summed E-state index contributed by atoms with van der Waals surface area (Å²) < 4.78 is 4.90. The summed E-state index contributed by atoms with van der Waals surface area (Å²) in [5.74, 6) is 0.665. The van der Waals surface area contributed by atoms with Crippen LogP contribution in [0.3, 0.4) is 0 Å². The molecule has 4 heteroatoms. The SMILES string of the molecule is CCC(CC)(c1ccccc1)c1noc(Cl)n1. The van der Waals surface area contributed by atoms with Crippen LogP contribution >= 0.6 is 11.6 Å². The van der Waals surface area contributed by atoms with Gasteiger partial charge in [-0.05, 0) is 30.0 Å². The van der Waals surface area contributed by atoms with E-state index in [2.05, 4.69) is 36.1 Å². The Labute approximate surface area is 106 Å². The van der Waals surface area contributed by atoms with Crippen LogP contribution in [0.1, 0.15) is 38.1 Å². The summed E-state index contributed by atoms with van der Waals surface area (Å²) >= 11 is 5.73. The summed E-state index contributed by atoms with van der Waals surface area (Å²) in [6.07, 6.45) is 1.81. The monoisotopic (exact) mass is 250 g/mol. The summed E-state index contributed by atoms with van der Waals surface area (Å²) in [5, 5.41) is 4.09. The Balaban J connectivity index is 2.53. The average molecular weight is 251 g/mol. The van der Waals surface area contributed by atoms with Gasteiger partial charge in [0.25, 0.3) is 0 Å². The maximum Gasteiger partial charge on any atom is 0.320 e. The van der Waals surface area contributed by atoms with Gasteiger partial charge in [0.2, 0.25) is 0 Å². The van der Waals surface area contributed by atoms with Crippen LogP contribution in [0.4, 0.5) is 0 Å². The molecule has 0 saturated heterocycles. The third-order valence-corrected chi connectivity index (χ3v) is 3.52. The van der Waals surface area contributed by atoms with E-state index in [9.17, 15) is 0 Å². The zero-order chi connectivity index (χ0) is 12.3. The first-order valence-corrected chi connectivity index (χ1v) is 6.16. The highest BCUT2D eigenvalue weighted by Crippen LogP contribution is 2.37. The minimum Gasteiger partial charge on any atom is -0.321 e. The zero-order valence-electron chi connectivity index (χ0n) is 9.98. The molecule has 0 aliphatic heterocycles. The van der Waals surface area contributed by atoms with E-state index in [1.54, 1.807) is 0 Å². The quantitative estimate of drug-likeness (QED) is 0.828. The van der Waals surface area contributed by atoms with Crippen LogP contribution in [0.15, 0.2) is 34.9 Å². The molecule has 0 fully saturated rings. The average Bonchev–Trinajstić information content (AvgIpc) is 2.80. The number of aromatic nitrogens is 2. The van der Waals surface area contributed by atoms with E-state index in [0.29, 0.717) is 5.82 Å². The topological polar surface area (TPSA) is 38.9 Å². The van der Waals surface area contributed by atoms with Gasteiger partial charge in [0.1, 0.15) is 0 Å². The molecule has 0 spiro atoms. The van der Waals surface area contributed by atoms with Gasteiger partial charge in [-0.1, -0.05) is 49.3 Å². The Morgan fingerprint density at radius 2 is 1.82 bits per heavy atom. The Hall–Kier alpha value is -1.35. The van der Waals surface area contributed by atoms with Crippen molar-refractivity contribution in [2.75, 3.05) is 0 Å². The predicted octanol–water partition coefficient (Wildman–Crippen LogP) is 3.83. The molecule has 1 aromatic heterocycles. The molecule has 0 bridgehead atoms. The first kappa shape index (κ1) is 12.1. The van der Waals surface area contributed by atoms with Crippen LogP contribution in [0.5, 0.6) is 0 Å². The van der Waals surface area contributed by atoms with E-state index in [4.69, 9.17) is 16.1 Å². The molecular weight excluding hydrogens is 236 g/mol. The lowest BCUT2D eigenvalue weighted by atomic mass is 9.75. The number of benzene rings is 1. The van der Waals surface area contributed by atoms with Gasteiger partial charge in [-0.25, -0.2) is 0 Å². The van der Waals surface area contributed by atoms with Crippen LogP contribution in [-0.4, -0.2) is 10.1 Å². The molecule has 0 amide bonds. The Kier molecular flexibility index (Phi) is 3.48. The molecule has 1 aromatic carbocycles. The molecule has 0 aliphatic carbocycles. The minimum atomic E-state index is -0.210. The Bertz CT molecular complexity index is 477. The zero-order valence-corrected chi connectivity index (χ0v) is 10.7. The molecule has 3 nitrogen and oxygen atoms in total. The smallest absolute Gasteiger partial charge is 0.320 e. The third kappa shape index (κ3) is 2.07. The van der Waals surface area contributed by atoms with Gasteiger partial charge in [0.05, 0.1) is 5.41 Å². The van der Waals surface area contributed by atoms with Crippen molar-refractivity contribution in [2.45, 2.75) is 32.1 Å². The first-order chi connectivity index (χ1) is 8.23. The number of hydrogen-bond donors (Lipinski definition) is 0. The predicted molar refractivity (Wildman–Crippen MR) is 67.1 cm³/mol. The number of hydrogen-bond acceptors (Lipinski definition) is 3. The fourth-order valence-electron chi connectivity index (χ4n) is 2.26. The minimum absolute atomic E-state index is 0.0993. The van der Waals surface area contributed by atoms with Gasteiger partial charge in [-0.2, -0.15) is 4.98 Å². The van der Waals surface area contributed by atoms with Crippen molar-refractivity contribution in [3.05, 3.63) is 47.1 Å². The summed E-state index contributed by atoms with van der Waals surface area (Å²) in [5.41, 5.74) is 0.986. The maximum absolute atomic E-state index is 5.73. The second kappa shape index (κ2) is 4.88. The first-order valence-electron chi connectivity index (χ1n) is 5.78. The highest BCUT2D eigenvalue weighted by molar-refractivity contribution is 6.27. The van der Waals surface area contributed by atoms with Gasteiger partial charge >= 0.3 is 5.35 Å². The van der Waals surface area contributed by atoms with Crippen LogP contribution in [0.2, 0.25) is 5.35 Å². The second-order valence-electron chi connectivity index (χ2n) is 4.03. The van der Waals surface area contributed by atoms with E-state index < -0.39 is 0 Å². The van der Waals surface area contributed by atoms with Crippen molar-refractivity contribution in [2.24, 2.45) is 0 Å². The van der Waals surface area contributed by atoms with Crippen LogP contribution in [-0.2, 0) is 5.41 Å². The molecule has 0 saturated carbocycles. The molecule has 0 radical (unpaired) electrons. The molecule has 0 aliphatic rings. The van der Waals surface area contributed by atoms with Crippen LogP contribution in [0.25, 0.3) is 0 Å². The van der Waals surface area contributed by atoms with E-state index >= 15 is 0 Å². The lowest BCUT2D eigenvalue weighted by Gasteiger charge is -2.28. The third-order valence-electron chi connectivity index (χ3n) is 3.36. The number of halogens is 1. The highest BCUT2D eigenvalue weighted by atomic mass is 35.5. The molecule has 0 unspecified atom stereocenters. The normalized spacial score (nSPS) is 11.7. The summed E-state index contributed by atoms with van der Waals surface area (Å²) in [7, 11) is 0. The number of nitrogens with zero attached hydrogens (tertiary/aromatic N) is 2. The van der Waals surface area contributed by atoms with Gasteiger partial charge < -0.3 is 4.52 Å². The van der Waals surface area contributed by atoms with Crippen molar-refractivity contribution in [3.63, 3.8) is 0 Å². The van der Waals surface area contributed by atoms with Crippen molar-refractivity contribution >= 4 is 11.6 Å². The highest BCUT2D eigenvalue weighted by Gasteiger charge is 2.35. The van der Waals surface area contributed by atoms with E-state index in [1.807, 2.05) is 18.2 Å². The van der Waals surface area contributed by atoms with Gasteiger partial charge in [-0.3, -0.25) is 0 Å². The molecule has 2 aromatic rings. The lowest BCUT2D eigenvalue weighted by Crippen LogP contribution is -2.27. The van der Waals surface area contributed by atoms with E-state index in [0.717, 1.165) is 12.8 Å². The summed E-state index contributed by atoms with van der Waals surface area (Å²) in [6.45, 7) is 4.25.